The van der Waals surface area contributed by atoms with Gasteiger partial charge in [-0.1, -0.05) is 6.07 Å². The van der Waals surface area contributed by atoms with Crippen molar-refractivity contribution < 1.29 is 4.92 Å². The maximum atomic E-state index is 10.8. The summed E-state index contributed by atoms with van der Waals surface area (Å²) in [4.78, 5) is 13.6. The van der Waals surface area contributed by atoms with Gasteiger partial charge in [-0.25, -0.2) is 0 Å². The van der Waals surface area contributed by atoms with E-state index in [1.54, 1.807) is 17.4 Å². The highest BCUT2D eigenvalue weighted by Crippen LogP contribution is 2.26. The molecule has 1 aromatic carbocycles. The molecule has 0 saturated carbocycles. The van der Waals surface area contributed by atoms with Gasteiger partial charge in [0.1, 0.15) is 6.07 Å². The van der Waals surface area contributed by atoms with Crippen LogP contribution < -0.4 is 4.90 Å². The molecule has 1 atom stereocenters. The molecular formula is C15H15N3O2S. The lowest BCUT2D eigenvalue weighted by Crippen LogP contribution is -2.31. The normalized spacial score (nSPS) is 11.7. The highest BCUT2D eigenvalue weighted by atomic mass is 32.1. The molecule has 5 nitrogen and oxygen atoms in total. The summed E-state index contributed by atoms with van der Waals surface area (Å²) in [6, 6.07) is 10.7. The molecule has 0 fully saturated rings. The summed E-state index contributed by atoms with van der Waals surface area (Å²) in [7, 11) is 1.90. The Morgan fingerprint density at radius 2 is 2.24 bits per heavy atom. The number of thiophene rings is 1. The first-order valence-electron chi connectivity index (χ1n) is 6.46. The number of non-ortho nitro benzene ring substituents is 1. The minimum absolute atomic E-state index is 0.0605. The van der Waals surface area contributed by atoms with Crippen LogP contribution in [0.15, 0.2) is 35.7 Å². The summed E-state index contributed by atoms with van der Waals surface area (Å²) < 4.78 is 0. The van der Waals surface area contributed by atoms with Crippen LogP contribution in [-0.2, 0) is 6.42 Å². The van der Waals surface area contributed by atoms with E-state index in [2.05, 4.69) is 13.0 Å². The molecule has 0 spiro atoms. The molecule has 1 aromatic heterocycles. The average Bonchev–Trinajstić information content (AvgIpc) is 2.98. The first-order valence-corrected chi connectivity index (χ1v) is 7.34. The zero-order chi connectivity index (χ0) is 15.4. The smallest absolute Gasteiger partial charge is 0.270 e. The van der Waals surface area contributed by atoms with Gasteiger partial charge in [0.05, 0.1) is 16.2 Å². The van der Waals surface area contributed by atoms with Crippen molar-refractivity contribution in [3.8, 4) is 6.07 Å². The SMILES string of the molecule is CC(Cc1cccs1)N(C)c1ccc([N+](=O)[O-])cc1C#N. The number of nitro benzene ring substituents is 1. The zero-order valence-corrected chi connectivity index (χ0v) is 12.6. The Balaban J connectivity index is 2.24. The maximum absolute atomic E-state index is 10.8. The summed E-state index contributed by atoms with van der Waals surface area (Å²) in [6.45, 7) is 2.07. The summed E-state index contributed by atoms with van der Waals surface area (Å²) in [6.07, 6.45) is 0.871. The summed E-state index contributed by atoms with van der Waals surface area (Å²) in [5, 5.41) is 22.0. The Morgan fingerprint density at radius 3 is 2.81 bits per heavy atom. The first kappa shape index (κ1) is 15.0. The molecule has 21 heavy (non-hydrogen) atoms. The van der Waals surface area contributed by atoms with Crippen molar-refractivity contribution in [1.82, 2.24) is 0 Å². The number of benzene rings is 1. The minimum atomic E-state index is -0.486. The molecule has 0 amide bonds. The van der Waals surface area contributed by atoms with E-state index in [-0.39, 0.29) is 11.7 Å². The predicted octanol–water partition coefficient (Wildman–Crippen LogP) is 3.60. The van der Waals surface area contributed by atoms with Gasteiger partial charge >= 0.3 is 0 Å². The monoisotopic (exact) mass is 301 g/mol. The predicted molar refractivity (Wildman–Crippen MR) is 83.7 cm³/mol. The number of hydrogen-bond acceptors (Lipinski definition) is 5. The number of nitriles is 1. The lowest BCUT2D eigenvalue weighted by Gasteiger charge is -2.27. The lowest BCUT2D eigenvalue weighted by molar-refractivity contribution is -0.384. The second kappa shape index (κ2) is 6.37. The molecular weight excluding hydrogens is 286 g/mol. The Kier molecular flexibility index (Phi) is 4.55. The Bertz CT molecular complexity index is 677. The van der Waals surface area contributed by atoms with E-state index in [1.807, 2.05) is 29.5 Å². The third-order valence-corrected chi connectivity index (χ3v) is 4.33. The molecule has 0 aliphatic rings. The third kappa shape index (κ3) is 3.38. The van der Waals surface area contributed by atoms with Gasteiger partial charge in [-0.2, -0.15) is 5.26 Å². The lowest BCUT2D eigenvalue weighted by atomic mass is 10.1. The quantitative estimate of drug-likeness (QED) is 0.625. The van der Waals surface area contributed by atoms with Gasteiger partial charge < -0.3 is 4.90 Å². The Hall–Kier alpha value is -2.39. The number of nitro groups is 1. The number of anilines is 1. The van der Waals surface area contributed by atoms with Crippen molar-refractivity contribution in [2.24, 2.45) is 0 Å². The minimum Gasteiger partial charge on any atom is -0.370 e. The van der Waals surface area contributed by atoms with Crippen molar-refractivity contribution in [3.05, 3.63) is 56.3 Å². The molecule has 0 aliphatic carbocycles. The van der Waals surface area contributed by atoms with Crippen molar-refractivity contribution in [3.63, 3.8) is 0 Å². The van der Waals surface area contributed by atoms with E-state index in [1.165, 1.54) is 17.0 Å². The van der Waals surface area contributed by atoms with Gasteiger partial charge in [0.2, 0.25) is 0 Å². The van der Waals surface area contributed by atoms with E-state index in [4.69, 9.17) is 0 Å². The molecule has 0 N–H and O–H groups in total. The largest absolute Gasteiger partial charge is 0.370 e. The molecule has 1 unspecified atom stereocenters. The summed E-state index contributed by atoms with van der Waals surface area (Å²) in [5.74, 6) is 0. The first-order chi connectivity index (χ1) is 10.0. The van der Waals surface area contributed by atoms with Crippen LogP contribution in [0.25, 0.3) is 0 Å². The number of nitrogens with zero attached hydrogens (tertiary/aromatic N) is 3. The molecule has 2 aromatic rings. The fourth-order valence-corrected chi connectivity index (χ4v) is 2.96. The van der Waals surface area contributed by atoms with Crippen LogP contribution in [0.4, 0.5) is 11.4 Å². The van der Waals surface area contributed by atoms with E-state index >= 15 is 0 Å². The van der Waals surface area contributed by atoms with Crippen LogP contribution in [0, 0.1) is 21.4 Å². The summed E-state index contributed by atoms with van der Waals surface area (Å²) >= 11 is 1.70. The molecule has 0 radical (unpaired) electrons. The Labute approximate surface area is 127 Å². The van der Waals surface area contributed by atoms with Crippen LogP contribution in [-0.4, -0.2) is 18.0 Å². The third-order valence-electron chi connectivity index (χ3n) is 3.43. The molecule has 6 heteroatoms. The van der Waals surface area contributed by atoms with Gasteiger partial charge in [-0.05, 0) is 24.4 Å². The maximum Gasteiger partial charge on any atom is 0.270 e. The second-order valence-electron chi connectivity index (χ2n) is 4.81. The van der Waals surface area contributed by atoms with Gasteiger partial charge in [-0.15, -0.1) is 11.3 Å². The van der Waals surface area contributed by atoms with E-state index in [0.29, 0.717) is 11.3 Å². The van der Waals surface area contributed by atoms with Gasteiger partial charge in [0, 0.05) is 36.5 Å². The van der Waals surface area contributed by atoms with Crippen LogP contribution in [0.3, 0.4) is 0 Å². The molecule has 1 heterocycles. The highest BCUT2D eigenvalue weighted by Gasteiger charge is 2.17. The molecule has 0 aliphatic heterocycles. The fourth-order valence-electron chi connectivity index (χ4n) is 2.13. The molecule has 0 saturated heterocycles. The topological polar surface area (TPSA) is 70.2 Å². The molecule has 0 bridgehead atoms. The van der Waals surface area contributed by atoms with Crippen molar-refractivity contribution >= 4 is 22.7 Å². The van der Waals surface area contributed by atoms with Crippen molar-refractivity contribution in [1.29, 1.82) is 5.26 Å². The van der Waals surface area contributed by atoms with Crippen molar-refractivity contribution in [2.45, 2.75) is 19.4 Å². The standard InChI is InChI=1S/C15H15N3O2S/c1-11(8-14-4-3-7-21-14)17(2)15-6-5-13(18(19)20)9-12(15)10-16/h3-7,9,11H,8H2,1-2H3. The van der Waals surface area contributed by atoms with Gasteiger partial charge in [0.25, 0.3) is 5.69 Å². The number of likely N-dealkylation sites (N-methyl/N-ethyl adjacent to an activating group) is 1. The van der Waals surface area contributed by atoms with Crippen molar-refractivity contribution in [2.75, 3.05) is 11.9 Å². The summed E-state index contributed by atoms with van der Waals surface area (Å²) in [5.41, 5.74) is 0.978. The van der Waals surface area contributed by atoms with Crippen LogP contribution in [0.5, 0.6) is 0 Å². The second-order valence-corrected chi connectivity index (χ2v) is 5.85. The van der Waals surface area contributed by atoms with Crippen LogP contribution in [0.2, 0.25) is 0 Å². The van der Waals surface area contributed by atoms with Gasteiger partial charge in [-0.3, -0.25) is 10.1 Å². The van der Waals surface area contributed by atoms with Crippen LogP contribution in [0.1, 0.15) is 17.4 Å². The highest BCUT2D eigenvalue weighted by molar-refractivity contribution is 7.09. The number of hydrogen-bond donors (Lipinski definition) is 0. The van der Waals surface area contributed by atoms with E-state index in [9.17, 15) is 15.4 Å². The Morgan fingerprint density at radius 1 is 1.48 bits per heavy atom. The zero-order valence-electron chi connectivity index (χ0n) is 11.8. The van der Waals surface area contributed by atoms with E-state index in [0.717, 1.165) is 6.42 Å². The molecule has 108 valence electrons. The number of rotatable bonds is 5. The average molecular weight is 301 g/mol. The molecule has 2 rings (SSSR count). The van der Waals surface area contributed by atoms with E-state index < -0.39 is 4.92 Å². The van der Waals surface area contributed by atoms with Gasteiger partial charge in [0.15, 0.2) is 0 Å². The fraction of sp³-hybridized carbons (Fsp3) is 0.267. The van der Waals surface area contributed by atoms with Crippen LogP contribution >= 0.6 is 11.3 Å².